The van der Waals surface area contributed by atoms with Gasteiger partial charge in [0.2, 0.25) is 0 Å². The average Bonchev–Trinajstić information content (AvgIpc) is 2.47. The molecule has 0 aliphatic rings. The molecule has 6 heteroatoms. The number of methoxy groups -OCH3 is 1. The zero-order valence-electron chi connectivity index (χ0n) is 12.0. The maximum absolute atomic E-state index is 12.3. The van der Waals surface area contributed by atoms with Gasteiger partial charge in [0.15, 0.2) is 0 Å². The van der Waals surface area contributed by atoms with E-state index in [0.29, 0.717) is 18.0 Å². The Balaban J connectivity index is 2.26. The van der Waals surface area contributed by atoms with Crippen molar-refractivity contribution < 1.29 is 13.2 Å². The molecule has 3 N–H and O–H groups in total. The van der Waals surface area contributed by atoms with Gasteiger partial charge in [-0.25, -0.2) is 8.42 Å². The molecule has 2 aromatic rings. The summed E-state index contributed by atoms with van der Waals surface area (Å²) in [6.45, 7) is 2.23. The molecule has 0 aromatic heterocycles. The van der Waals surface area contributed by atoms with Crippen molar-refractivity contribution in [2.75, 3.05) is 11.8 Å². The fourth-order valence-electron chi connectivity index (χ4n) is 1.96. The summed E-state index contributed by atoms with van der Waals surface area (Å²) < 4.78 is 32.3. The minimum atomic E-state index is -3.61. The summed E-state index contributed by atoms with van der Waals surface area (Å²) in [4.78, 5) is 0.202. The molecule has 0 saturated carbocycles. The van der Waals surface area contributed by atoms with Crippen LogP contribution >= 0.6 is 0 Å². The highest BCUT2D eigenvalue weighted by molar-refractivity contribution is 7.92. The molecular weight excluding hydrogens is 288 g/mol. The van der Waals surface area contributed by atoms with Gasteiger partial charge in [0, 0.05) is 12.2 Å². The summed E-state index contributed by atoms with van der Waals surface area (Å²) in [6.07, 6.45) is 0. The van der Waals surface area contributed by atoms with Gasteiger partial charge in [-0.05, 0) is 48.4 Å². The molecule has 21 heavy (non-hydrogen) atoms. The van der Waals surface area contributed by atoms with Crippen LogP contribution in [0.25, 0.3) is 0 Å². The van der Waals surface area contributed by atoms with Crippen LogP contribution in [0.2, 0.25) is 0 Å². The van der Waals surface area contributed by atoms with Crippen LogP contribution in [0.15, 0.2) is 47.4 Å². The minimum Gasteiger partial charge on any atom is -0.496 e. The van der Waals surface area contributed by atoms with Crippen LogP contribution in [-0.2, 0) is 16.6 Å². The Kier molecular flexibility index (Phi) is 4.50. The van der Waals surface area contributed by atoms with E-state index in [4.69, 9.17) is 10.5 Å². The monoisotopic (exact) mass is 306 g/mol. The third kappa shape index (κ3) is 3.53. The van der Waals surface area contributed by atoms with E-state index in [1.54, 1.807) is 49.6 Å². The molecule has 0 fully saturated rings. The SMILES string of the molecule is COc1ccc(NS(=O)(=O)c2ccc(CN)cc2)cc1C. The van der Waals surface area contributed by atoms with Gasteiger partial charge in [-0.1, -0.05) is 12.1 Å². The van der Waals surface area contributed by atoms with Gasteiger partial charge in [-0.2, -0.15) is 0 Å². The minimum absolute atomic E-state index is 0.202. The third-order valence-electron chi connectivity index (χ3n) is 3.12. The van der Waals surface area contributed by atoms with Crippen LogP contribution < -0.4 is 15.2 Å². The number of rotatable bonds is 5. The van der Waals surface area contributed by atoms with Crippen LogP contribution in [0.1, 0.15) is 11.1 Å². The Morgan fingerprint density at radius 1 is 1.14 bits per heavy atom. The highest BCUT2D eigenvalue weighted by Crippen LogP contribution is 2.23. The fourth-order valence-corrected chi connectivity index (χ4v) is 3.01. The number of hydrogen-bond donors (Lipinski definition) is 2. The molecule has 2 aromatic carbocycles. The van der Waals surface area contributed by atoms with E-state index >= 15 is 0 Å². The molecule has 0 spiro atoms. The molecule has 0 heterocycles. The second-order valence-corrected chi connectivity index (χ2v) is 6.32. The Hall–Kier alpha value is -2.05. The lowest BCUT2D eigenvalue weighted by molar-refractivity contribution is 0.412. The first-order valence-electron chi connectivity index (χ1n) is 6.43. The molecule has 0 aliphatic carbocycles. The zero-order valence-corrected chi connectivity index (χ0v) is 12.8. The van der Waals surface area contributed by atoms with Crippen molar-refractivity contribution in [3.8, 4) is 5.75 Å². The second kappa shape index (κ2) is 6.15. The van der Waals surface area contributed by atoms with Crippen molar-refractivity contribution in [3.05, 3.63) is 53.6 Å². The quantitative estimate of drug-likeness (QED) is 0.888. The van der Waals surface area contributed by atoms with E-state index in [1.807, 2.05) is 6.92 Å². The van der Waals surface area contributed by atoms with E-state index in [-0.39, 0.29) is 4.90 Å². The van der Waals surface area contributed by atoms with Crippen LogP contribution in [-0.4, -0.2) is 15.5 Å². The van der Waals surface area contributed by atoms with E-state index in [2.05, 4.69) is 4.72 Å². The van der Waals surface area contributed by atoms with Crippen LogP contribution in [0.3, 0.4) is 0 Å². The maximum atomic E-state index is 12.3. The first kappa shape index (κ1) is 15.3. The van der Waals surface area contributed by atoms with Crippen molar-refractivity contribution in [2.24, 2.45) is 5.73 Å². The lowest BCUT2D eigenvalue weighted by atomic mass is 10.2. The Bertz CT molecular complexity index is 725. The molecule has 0 aliphatic heterocycles. The van der Waals surface area contributed by atoms with Crippen LogP contribution in [0.5, 0.6) is 5.75 Å². The van der Waals surface area contributed by atoms with Crippen LogP contribution in [0, 0.1) is 6.92 Å². The normalized spacial score (nSPS) is 11.2. The summed E-state index contributed by atoms with van der Waals surface area (Å²) in [5, 5.41) is 0. The molecular formula is C15H18N2O3S. The Labute approximate surface area is 124 Å². The van der Waals surface area contributed by atoms with Gasteiger partial charge in [-0.15, -0.1) is 0 Å². The molecule has 2 rings (SSSR count). The number of hydrogen-bond acceptors (Lipinski definition) is 4. The van der Waals surface area contributed by atoms with Gasteiger partial charge in [0.05, 0.1) is 12.0 Å². The molecule has 0 unspecified atom stereocenters. The smallest absolute Gasteiger partial charge is 0.261 e. The molecule has 112 valence electrons. The molecule has 0 radical (unpaired) electrons. The van der Waals surface area contributed by atoms with Gasteiger partial charge in [-0.3, -0.25) is 4.72 Å². The zero-order chi connectivity index (χ0) is 15.5. The predicted molar refractivity (Wildman–Crippen MR) is 82.9 cm³/mol. The topological polar surface area (TPSA) is 81.4 Å². The molecule has 0 atom stereocenters. The first-order chi connectivity index (χ1) is 9.96. The average molecular weight is 306 g/mol. The molecule has 0 amide bonds. The Morgan fingerprint density at radius 3 is 2.33 bits per heavy atom. The number of nitrogens with one attached hydrogen (secondary N) is 1. The van der Waals surface area contributed by atoms with Crippen LogP contribution in [0.4, 0.5) is 5.69 Å². The summed E-state index contributed by atoms with van der Waals surface area (Å²) in [6, 6.07) is 11.6. The van der Waals surface area contributed by atoms with Crippen molar-refractivity contribution >= 4 is 15.7 Å². The number of nitrogens with two attached hydrogens (primary N) is 1. The Morgan fingerprint density at radius 2 is 1.81 bits per heavy atom. The predicted octanol–water partition coefficient (Wildman–Crippen LogP) is 2.26. The van der Waals surface area contributed by atoms with E-state index in [0.717, 1.165) is 11.1 Å². The highest BCUT2D eigenvalue weighted by atomic mass is 32.2. The van der Waals surface area contributed by atoms with E-state index in [9.17, 15) is 8.42 Å². The number of benzene rings is 2. The van der Waals surface area contributed by atoms with Crippen molar-refractivity contribution in [2.45, 2.75) is 18.4 Å². The third-order valence-corrected chi connectivity index (χ3v) is 4.51. The van der Waals surface area contributed by atoms with Gasteiger partial charge >= 0.3 is 0 Å². The van der Waals surface area contributed by atoms with Gasteiger partial charge < -0.3 is 10.5 Å². The van der Waals surface area contributed by atoms with Crippen molar-refractivity contribution in [3.63, 3.8) is 0 Å². The highest BCUT2D eigenvalue weighted by Gasteiger charge is 2.14. The summed E-state index contributed by atoms with van der Waals surface area (Å²) >= 11 is 0. The van der Waals surface area contributed by atoms with E-state index < -0.39 is 10.0 Å². The second-order valence-electron chi connectivity index (χ2n) is 4.64. The number of anilines is 1. The lowest BCUT2D eigenvalue weighted by Crippen LogP contribution is -2.13. The van der Waals surface area contributed by atoms with Gasteiger partial charge in [0.1, 0.15) is 5.75 Å². The number of ether oxygens (including phenoxy) is 1. The number of sulfonamides is 1. The first-order valence-corrected chi connectivity index (χ1v) is 7.91. The lowest BCUT2D eigenvalue weighted by Gasteiger charge is -2.11. The molecule has 0 bridgehead atoms. The maximum Gasteiger partial charge on any atom is 0.261 e. The van der Waals surface area contributed by atoms with Crippen molar-refractivity contribution in [1.82, 2.24) is 0 Å². The summed E-state index contributed by atoms with van der Waals surface area (Å²) in [7, 11) is -2.03. The van der Waals surface area contributed by atoms with Gasteiger partial charge in [0.25, 0.3) is 10.0 Å². The van der Waals surface area contributed by atoms with Crippen molar-refractivity contribution in [1.29, 1.82) is 0 Å². The summed E-state index contributed by atoms with van der Waals surface area (Å²) in [5.41, 5.74) is 7.74. The summed E-state index contributed by atoms with van der Waals surface area (Å²) in [5.74, 6) is 0.713. The standard InChI is InChI=1S/C15H18N2O3S/c1-11-9-13(5-8-15(11)20-2)17-21(18,19)14-6-3-12(10-16)4-7-14/h3-9,17H,10,16H2,1-2H3. The molecule has 0 saturated heterocycles. The fraction of sp³-hybridized carbons (Fsp3) is 0.200. The number of aryl methyl sites for hydroxylation is 1. The largest absolute Gasteiger partial charge is 0.496 e. The molecule has 5 nitrogen and oxygen atoms in total. The van der Waals surface area contributed by atoms with E-state index in [1.165, 1.54) is 0 Å².